The fourth-order valence-corrected chi connectivity index (χ4v) is 3.45. The van der Waals surface area contributed by atoms with Crippen molar-refractivity contribution in [3.05, 3.63) is 76.8 Å². The van der Waals surface area contributed by atoms with E-state index in [4.69, 9.17) is 38.0 Å². The molecule has 2 heterocycles. The Labute approximate surface area is 170 Å². The van der Waals surface area contributed by atoms with Crippen LogP contribution in [0.2, 0.25) is 5.02 Å². The highest BCUT2D eigenvalue weighted by molar-refractivity contribution is 7.79. The maximum Gasteiger partial charge on any atom is 0.360 e. The maximum absolute atomic E-state index is 13.9. The van der Waals surface area contributed by atoms with E-state index in [1.165, 1.54) is 30.3 Å². The summed E-state index contributed by atoms with van der Waals surface area (Å²) in [5.74, 6) is -0.360. The SMILES string of the molecule is COC(=S)Oc1ncnn1C[C@]1(c2cccc(F)c2)OC1c1ccccc1Cl. The lowest BCUT2D eigenvalue weighted by Crippen LogP contribution is -2.22. The second-order valence-electron chi connectivity index (χ2n) is 6.18. The first-order chi connectivity index (χ1) is 13.5. The summed E-state index contributed by atoms with van der Waals surface area (Å²) in [5, 5.41) is 4.67. The van der Waals surface area contributed by atoms with Gasteiger partial charge in [0.25, 0.3) is 0 Å². The molecule has 2 aromatic carbocycles. The lowest BCUT2D eigenvalue weighted by Gasteiger charge is -2.16. The van der Waals surface area contributed by atoms with Crippen LogP contribution in [-0.2, 0) is 21.6 Å². The molecule has 1 fully saturated rings. The van der Waals surface area contributed by atoms with Crippen LogP contribution in [0.4, 0.5) is 4.39 Å². The minimum atomic E-state index is -0.881. The molecule has 0 N–H and O–H groups in total. The molecule has 4 rings (SSSR count). The van der Waals surface area contributed by atoms with Crippen LogP contribution in [0.5, 0.6) is 6.01 Å². The summed E-state index contributed by atoms with van der Waals surface area (Å²) in [6, 6.07) is 13.8. The number of aromatic nitrogens is 3. The number of rotatable bonds is 5. The Bertz CT molecular complexity index is 1030. The van der Waals surface area contributed by atoms with Gasteiger partial charge in [-0.1, -0.05) is 41.9 Å². The summed E-state index contributed by atoms with van der Waals surface area (Å²) < 4.78 is 31.8. The zero-order valence-electron chi connectivity index (χ0n) is 14.7. The van der Waals surface area contributed by atoms with Crippen LogP contribution in [0.3, 0.4) is 0 Å². The second kappa shape index (κ2) is 7.46. The van der Waals surface area contributed by atoms with E-state index < -0.39 is 5.60 Å². The van der Waals surface area contributed by atoms with Gasteiger partial charge in [0.05, 0.1) is 13.7 Å². The molecule has 6 nitrogen and oxygen atoms in total. The van der Waals surface area contributed by atoms with Crippen molar-refractivity contribution >= 4 is 29.1 Å². The van der Waals surface area contributed by atoms with Crippen molar-refractivity contribution in [2.75, 3.05) is 7.11 Å². The van der Waals surface area contributed by atoms with Crippen molar-refractivity contribution in [2.24, 2.45) is 0 Å². The van der Waals surface area contributed by atoms with Gasteiger partial charge in [-0.3, -0.25) is 0 Å². The zero-order chi connectivity index (χ0) is 19.7. The first-order valence-corrected chi connectivity index (χ1v) is 9.14. The third-order valence-corrected chi connectivity index (χ3v) is 5.10. The van der Waals surface area contributed by atoms with Gasteiger partial charge in [-0.2, -0.15) is 10.1 Å². The molecule has 144 valence electrons. The van der Waals surface area contributed by atoms with Crippen LogP contribution in [-0.4, -0.2) is 27.1 Å². The van der Waals surface area contributed by atoms with Gasteiger partial charge in [0, 0.05) is 22.8 Å². The number of hydrogen-bond donors (Lipinski definition) is 0. The molecule has 9 heteroatoms. The highest BCUT2D eigenvalue weighted by Gasteiger charge is 2.60. The predicted octanol–water partition coefficient (Wildman–Crippen LogP) is 4.05. The van der Waals surface area contributed by atoms with Crippen molar-refractivity contribution in [2.45, 2.75) is 18.2 Å². The van der Waals surface area contributed by atoms with Gasteiger partial charge in [0.15, 0.2) is 0 Å². The smallest absolute Gasteiger partial charge is 0.360 e. The molecule has 1 aromatic heterocycles. The molecule has 0 saturated carbocycles. The fraction of sp³-hybridized carbons (Fsp3) is 0.211. The van der Waals surface area contributed by atoms with E-state index in [2.05, 4.69) is 10.1 Å². The summed E-state index contributed by atoms with van der Waals surface area (Å²) in [6.07, 6.45) is 0.953. The Kier molecular flexibility index (Phi) is 5.01. The van der Waals surface area contributed by atoms with Crippen molar-refractivity contribution in [1.82, 2.24) is 14.8 Å². The van der Waals surface area contributed by atoms with E-state index >= 15 is 0 Å². The molecule has 3 aromatic rings. The lowest BCUT2D eigenvalue weighted by atomic mass is 9.91. The van der Waals surface area contributed by atoms with Crippen molar-refractivity contribution in [3.63, 3.8) is 0 Å². The Morgan fingerprint density at radius 2 is 2.14 bits per heavy atom. The lowest BCUT2D eigenvalue weighted by molar-refractivity contribution is 0.245. The number of ether oxygens (including phenoxy) is 3. The number of halogens is 2. The van der Waals surface area contributed by atoms with E-state index in [9.17, 15) is 4.39 Å². The number of nitrogens with zero attached hydrogens (tertiary/aromatic N) is 3. The number of benzene rings is 2. The Morgan fingerprint density at radius 1 is 1.32 bits per heavy atom. The van der Waals surface area contributed by atoms with E-state index in [-0.39, 0.29) is 29.7 Å². The molecule has 0 amide bonds. The summed E-state index contributed by atoms with van der Waals surface area (Å²) >= 11 is 11.3. The fourth-order valence-electron chi connectivity index (χ4n) is 3.14. The molecule has 0 aliphatic carbocycles. The Morgan fingerprint density at radius 3 is 2.89 bits per heavy atom. The normalized spacial score (nSPS) is 20.6. The second-order valence-corrected chi connectivity index (χ2v) is 6.92. The van der Waals surface area contributed by atoms with Gasteiger partial charge in [0.2, 0.25) is 0 Å². The maximum atomic E-state index is 13.9. The highest BCUT2D eigenvalue weighted by Crippen LogP contribution is 2.59. The van der Waals surface area contributed by atoms with Gasteiger partial charge < -0.3 is 14.2 Å². The van der Waals surface area contributed by atoms with Gasteiger partial charge >= 0.3 is 11.2 Å². The molecular formula is C19H15ClFN3O3S. The van der Waals surface area contributed by atoms with Crippen LogP contribution in [0.1, 0.15) is 17.2 Å². The van der Waals surface area contributed by atoms with Crippen LogP contribution < -0.4 is 4.74 Å². The third kappa shape index (κ3) is 3.46. The first-order valence-electron chi connectivity index (χ1n) is 8.35. The minimum absolute atomic E-state index is 0.0894. The number of thiocarbonyl (C=S) groups is 1. The molecule has 1 unspecified atom stereocenters. The molecule has 1 saturated heterocycles. The Balaban J connectivity index is 1.72. The first kappa shape index (κ1) is 18.8. The molecule has 0 radical (unpaired) electrons. The van der Waals surface area contributed by atoms with Gasteiger partial charge in [-0.15, -0.1) is 0 Å². The van der Waals surface area contributed by atoms with Crippen LogP contribution >= 0.6 is 23.8 Å². The average molecular weight is 420 g/mol. The topological polar surface area (TPSA) is 61.7 Å². The Hall–Kier alpha value is -2.55. The van der Waals surface area contributed by atoms with Gasteiger partial charge in [0.1, 0.15) is 23.8 Å². The monoisotopic (exact) mass is 419 g/mol. The average Bonchev–Trinajstić information content (AvgIpc) is 3.26. The van der Waals surface area contributed by atoms with Crippen molar-refractivity contribution in [3.8, 4) is 6.01 Å². The molecule has 2 atom stereocenters. The molecular weight excluding hydrogens is 405 g/mol. The third-order valence-electron chi connectivity index (χ3n) is 4.50. The van der Waals surface area contributed by atoms with Crippen LogP contribution in [0, 0.1) is 5.82 Å². The summed E-state index contributed by atoms with van der Waals surface area (Å²) in [6.45, 7) is 0.216. The van der Waals surface area contributed by atoms with Crippen molar-refractivity contribution in [1.29, 1.82) is 0 Å². The van der Waals surface area contributed by atoms with Crippen LogP contribution in [0.15, 0.2) is 54.9 Å². The van der Waals surface area contributed by atoms with Crippen LogP contribution in [0.25, 0.3) is 0 Å². The predicted molar refractivity (Wildman–Crippen MR) is 104 cm³/mol. The summed E-state index contributed by atoms with van der Waals surface area (Å²) in [7, 11) is 1.40. The van der Waals surface area contributed by atoms with E-state index in [1.807, 2.05) is 18.2 Å². The van der Waals surface area contributed by atoms with E-state index in [0.717, 1.165) is 5.56 Å². The molecule has 0 spiro atoms. The summed E-state index contributed by atoms with van der Waals surface area (Å²) in [4.78, 5) is 4.05. The molecule has 1 aliphatic rings. The van der Waals surface area contributed by atoms with Gasteiger partial charge in [-0.05, 0) is 23.8 Å². The highest BCUT2D eigenvalue weighted by atomic mass is 35.5. The van der Waals surface area contributed by atoms with Crippen molar-refractivity contribution < 1.29 is 18.6 Å². The summed E-state index contributed by atoms with van der Waals surface area (Å²) in [5.41, 5.74) is 0.588. The standard InChI is InChI=1S/C19H15ClFN3O3S/c1-25-18(28)26-17-22-11-23-24(17)10-19(12-5-4-6-13(21)9-12)16(27-19)14-7-2-3-8-15(14)20/h2-9,11,16H,10H2,1H3/t16?,19-/m1/s1. The largest absolute Gasteiger partial charge is 0.460 e. The number of hydrogen-bond acceptors (Lipinski definition) is 6. The van der Waals surface area contributed by atoms with E-state index in [1.54, 1.807) is 18.2 Å². The number of methoxy groups -OCH3 is 1. The molecule has 28 heavy (non-hydrogen) atoms. The van der Waals surface area contributed by atoms with Gasteiger partial charge in [-0.25, -0.2) is 9.07 Å². The number of epoxide rings is 1. The molecule has 1 aliphatic heterocycles. The quantitative estimate of drug-likeness (QED) is 0.459. The van der Waals surface area contributed by atoms with E-state index in [0.29, 0.717) is 10.6 Å². The molecule has 0 bridgehead atoms. The zero-order valence-corrected chi connectivity index (χ0v) is 16.3. The minimum Gasteiger partial charge on any atom is -0.460 e.